The summed E-state index contributed by atoms with van der Waals surface area (Å²) in [6, 6.07) is 1.71. The Bertz CT molecular complexity index is 399. The third kappa shape index (κ3) is 3.54. The van der Waals surface area contributed by atoms with Crippen molar-refractivity contribution in [2.75, 3.05) is 32.8 Å². The third-order valence-corrected chi connectivity index (χ3v) is 2.87. The SMILES string of the molecule is Cc1cc(C(=O)N[C@H](C)CN2CCOCC2)on1. The second-order valence-electron chi connectivity index (χ2n) is 4.62. The van der Waals surface area contributed by atoms with E-state index in [9.17, 15) is 4.79 Å². The number of nitrogens with one attached hydrogen (secondary N) is 1. The molecule has 0 saturated carbocycles. The van der Waals surface area contributed by atoms with Crippen molar-refractivity contribution in [2.45, 2.75) is 19.9 Å². The van der Waals surface area contributed by atoms with Gasteiger partial charge in [-0.2, -0.15) is 0 Å². The largest absolute Gasteiger partial charge is 0.379 e. The summed E-state index contributed by atoms with van der Waals surface area (Å²) in [7, 11) is 0. The zero-order chi connectivity index (χ0) is 13.0. The minimum absolute atomic E-state index is 0.0704. The van der Waals surface area contributed by atoms with Gasteiger partial charge in [-0.15, -0.1) is 0 Å². The lowest BCUT2D eigenvalue weighted by atomic mass is 10.2. The molecule has 0 unspecified atom stereocenters. The van der Waals surface area contributed by atoms with Gasteiger partial charge >= 0.3 is 0 Å². The normalized spacial score (nSPS) is 18.6. The van der Waals surface area contributed by atoms with E-state index in [4.69, 9.17) is 9.26 Å². The number of morpholine rings is 1. The van der Waals surface area contributed by atoms with Crippen LogP contribution in [0.3, 0.4) is 0 Å². The number of rotatable bonds is 4. The Labute approximate surface area is 106 Å². The van der Waals surface area contributed by atoms with Crippen molar-refractivity contribution in [3.05, 3.63) is 17.5 Å². The smallest absolute Gasteiger partial charge is 0.290 e. The van der Waals surface area contributed by atoms with Crippen LogP contribution in [0.15, 0.2) is 10.6 Å². The van der Waals surface area contributed by atoms with Crippen molar-refractivity contribution < 1.29 is 14.1 Å². The van der Waals surface area contributed by atoms with E-state index in [0.717, 1.165) is 32.8 Å². The first kappa shape index (κ1) is 13.0. The van der Waals surface area contributed by atoms with Crippen LogP contribution in [-0.4, -0.2) is 54.9 Å². The fraction of sp³-hybridized carbons (Fsp3) is 0.667. The highest BCUT2D eigenvalue weighted by atomic mass is 16.5. The summed E-state index contributed by atoms with van der Waals surface area (Å²) in [6.07, 6.45) is 0. The van der Waals surface area contributed by atoms with Gasteiger partial charge in [0.2, 0.25) is 5.76 Å². The van der Waals surface area contributed by atoms with Crippen LogP contribution in [0.4, 0.5) is 0 Å². The summed E-state index contributed by atoms with van der Waals surface area (Å²) in [6.45, 7) is 7.96. The number of ether oxygens (including phenoxy) is 1. The monoisotopic (exact) mass is 253 g/mol. The molecule has 1 atom stereocenters. The molecule has 6 nitrogen and oxygen atoms in total. The second kappa shape index (κ2) is 5.97. The fourth-order valence-electron chi connectivity index (χ4n) is 1.98. The first-order valence-corrected chi connectivity index (χ1v) is 6.19. The molecular formula is C12H19N3O3. The van der Waals surface area contributed by atoms with E-state index in [-0.39, 0.29) is 17.7 Å². The van der Waals surface area contributed by atoms with Gasteiger partial charge < -0.3 is 14.6 Å². The minimum atomic E-state index is -0.212. The molecule has 100 valence electrons. The Morgan fingerprint density at radius 2 is 2.28 bits per heavy atom. The van der Waals surface area contributed by atoms with Crippen molar-refractivity contribution in [2.24, 2.45) is 0 Å². The highest BCUT2D eigenvalue weighted by Gasteiger charge is 2.17. The van der Waals surface area contributed by atoms with Gasteiger partial charge in [-0.3, -0.25) is 9.69 Å². The Balaban J connectivity index is 1.79. The minimum Gasteiger partial charge on any atom is -0.379 e. The number of aromatic nitrogens is 1. The maximum Gasteiger partial charge on any atom is 0.290 e. The second-order valence-corrected chi connectivity index (χ2v) is 4.62. The van der Waals surface area contributed by atoms with Gasteiger partial charge in [-0.1, -0.05) is 5.16 Å². The predicted molar refractivity (Wildman–Crippen MR) is 65.4 cm³/mol. The van der Waals surface area contributed by atoms with E-state index in [2.05, 4.69) is 15.4 Å². The standard InChI is InChI=1S/C12H19N3O3/c1-9-7-11(18-14-9)12(16)13-10(2)8-15-3-5-17-6-4-15/h7,10H,3-6,8H2,1-2H3,(H,13,16)/t10-/m1/s1. The number of nitrogens with zero attached hydrogens (tertiary/aromatic N) is 2. The highest BCUT2D eigenvalue weighted by molar-refractivity contribution is 5.91. The lowest BCUT2D eigenvalue weighted by Crippen LogP contribution is -2.45. The van der Waals surface area contributed by atoms with Gasteiger partial charge in [0.15, 0.2) is 0 Å². The summed E-state index contributed by atoms with van der Waals surface area (Å²) in [5, 5.41) is 6.60. The van der Waals surface area contributed by atoms with Gasteiger partial charge in [0.25, 0.3) is 5.91 Å². The van der Waals surface area contributed by atoms with Crippen molar-refractivity contribution in [1.29, 1.82) is 0 Å². The van der Waals surface area contributed by atoms with E-state index >= 15 is 0 Å². The van der Waals surface area contributed by atoms with Gasteiger partial charge in [0.1, 0.15) is 0 Å². The molecule has 1 aromatic heterocycles. The van der Waals surface area contributed by atoms with E-state index < -0.39 is 0 Å². The highest BCUT2D eigenvalue weighted by Crippen LogP contribution is 2.03. The van der Waals surface area contributed by atoms with Gasteiger partial charge in [-0.05, 0) is 13.8 Å². The maximum absolute atomic E-state index is 11.8. The average Bonchev–Trinajstić information content (AvgIpc) is 2.77. The van der Waals surface area contributed by atoms with E-state index in [0.29, 0.717) is 5.69 Å². The van der Waals surface area contributed by atoms with E-state index in [1.54, 1.807) is 13.0 Å². The van der Waals surface area contributed by atoms with Crippen LogP contribution in [0.5, 0.6) is 0 Å². The molecule has 0 aromatic carbocycles. The Morgan fingerprint density at radius 3 is 2.89 bits per heavy atom. The molecule has 0 spiro atoms. The molecule has 2 rings (SSSR count). The molecule has 1 fully saturated rings. The van der Waals surface area contributed by atoms with Crippen LogP contribution in [0, 0.1) is 6.92 Å². The molecule has 1 aromatic rings. The van der Waals surface area contributed by atoms with Crippen LogP contribution in [-0.2, 0) is 4.74 Å². The topological polar surface area (TPSA) is 67.6 Å². The van der Waals surface area contributed by atoms with Crippen LogP contribution < -0.4 is 5.32 Å². The molecule has 1 N–H and O–H groups in total. The summed E-state index contributed by atoms with van der Waals surface area (Å²) < 4.78 is 10.2. The van der Waals surface area contributed by atoms with Crippen molar-refractivity contribution in [3.8, 4) is 0 Å². The average molecular weight is 253 g/mol. The molecule has 6 heteroatoms. The molecular weight excluding hydrogens is 234 g/mol. The lowest BCUT2D eigenvalue weighted by molar-refractivity contribution is 0.0341. The molecule has 1 saturated heterocycles. The van der Waals surface area contributed by atoms with E-state index in [1.165, 1.54) is 0 Å². The van der Waals surface area contributed by atoms with Gasteiger partial charge in [-0.25, -0.2) is 0 Å². The van der Waals surface area contributed by atoms with Crippen molar-refractivity contribution >= 4 is 5.91 Å². The molecule has 1 amide bonds. The molecule has 18 heavy (non-hydrogen) atoms. The van der Waals surface area contributed by atoms with Crippen molar-refractivity contribution in [3.63, 3.8) is 0 Å². The number of amides is 1. The van der Waals surface area contributed by atoms with Crippen LogP contribution in [0.1, 0.15) is 23.2 Å². The van der Waals surface area contributed by atoms with Crippen LogP contribution in [0.2, 0.25) is 0 Å². The predicted octanol–water partition coefficient (Wildman–Crippen LogP) is 0.434. The van der Waals surface area contributed by atoms with Crippen LogP contribution in [0.25, 0.3) is 0 Å². The first-order valence-electron chi connectivity index (χ1n) is 6.19. The fourth-order valence-corrected chi connectivity index (χ4v) is 1.98. The third-order valence-electron chi connectivity index (χ3n) is 2.87. The zero-order valence-corrected chi connectivity index (χ0v) is 10.8. The maximum atomic E-state index is 11.8. The number of hydrogen-bond donors (Lipinski definition) is 1. The summed E-state index contributed by atoms with van der Waals surface area (Å²) in [4.78, 5) is 14.1. The van der Waals surface area contributed by atoms with E-state index in [1.807, 2.05) is 6.92 Å². The van der Waals surface area contributed by atoms with Crippen LogP contribution >= 0.6 is 0 Å². The summed E-state index contributed by atoms with van der Waals surface area (Å²) >= 11 is 0. The van der Waals surface area contributed by atoms with Gasteiger partial charge in [0.05, 0.1) is 18.9 Å². The Morgan fingerprint density at radius 1 is 1.56 bits per heavy atom. The molecule has 0 aliphatic carbocycles. The summed E-state index contributed by atoms with van der Waals surface area (Å²) in [5.74, 6) is 0.0534. The molecule has 2 heterocycles. The molecule has 0 bridgehead atoms. The number of carbonyl (C=O) groups is 1. The quantitative estimate of drug-likeness (QED) is 0.843. The Hall–Kier alpha value is -1.40. The first-order chi connectivity index (χ1) is 8.65. The number of carbonyl (C=O) groups excluding carboxylic acids is 1. The molecule has 1 aliphatic rings. The molecule has 0 radical (unpaired) electrons. The Kier molecular flexibility index (Phi) is 4.33. The van der Waals surface area contributed by atoms with Gasteiger partial charge in [0, 0.05) is 31.7 Å². The summed E-state index contributed by atoms with van der Waals surface area (Å²) in [5.41, 5.74) is 0.709. The van der Waals surface area contributed by atoms with Crippen molar-refractivity contribution in [1.82, 2.24) is 15.4 Å². The number of aryl methyl sites for hydroxylation is 1. The number of hydrogen-bond acceptors (Lipinski definition) is 5. The zero-order valence-electron chi connectivity index (χ0n) is 10.8. The lowest BCUT2D eigenvalue weighted by Gasteiger charge is -2.29. The molecule has 1 aliphatic heterocycles.